The quantitative estimate of drug-likeness (QED) is 0.378. The van der Waals surface area contributed by atoms with E-state index in [1.807, 2.05) is 17.8 Å². The Labute approximate surface area is 189 Å². The van der Waals surface area contributed by atoms with Gasteiger partial charge in [0.15, 0.2) is 5.82 Å². The van der Waals surface area contributed by atoms with Crippen molar-refractivity contribution in [2.75, 3.05) is 42.7 Å². The van der Waals surface area contributed by atoms with Crippen LogP contribution in [0.25, 0.3) is 10.2 Å². The van der Waals surface area contributed by atoms with E-state index < -0.39 is 10.0 Å². The average molecular weight is 516 g/mol. The van der Waals surface area contributed by atoms with Gasteiger partial charge in [-0.1, -0.05) is 0 Å². The molecule has 3 aromatic rings. The molecule has 0 fully saturated rings. The largest absolute Gasteiger partial charge is 0.357 e. The van der Waals surface area contributed by atoms with Crippen LogP contribution in [0.5, 0.6) is 0 Å². The number of nitrogens with zero attached hydrogens (tertiary/aromatic N) is 5. The number of nitrogens with one attached hydrogen (secondary N) is 2. The molecular weight excluding hydrogens is 490 g/mol. The number of anilines is 2. The van der Waals surface area contributed by atoms with Crippen molar-refractivity contribution in [1.82, 2.24) is 24.2 Å². The number of aromatic nitrogens is 4. The highest BCUT2D eigenvalue weighted by molar-refractivity contribution is 9.10. The first-order valence-electron chi connectivity index (χ1n) is 9.65. The topological polar surface area (TPSA) is 105 Å². The zero-order chi connectivity index (χ0) is 21.7. The molecule has 0 aliphatic rings. The summed E-state index contributed by atoms with van der Waals surface area (Å²) in [5, 5.41) is 3.23. The summed E-state index contributed by atoms with van der Waals surface area (Å²) in [7, 11) is -1.15. The Kier molecular flexibility index (Phi) is 7.66. The number of fused-ring (bicyclic) bond motifs is 1. The molecule has 0 unspecified atom stereocenters. The molecule has 3 heterocycles. The van der Waals surface area contributed by atoms with E-state index in [0.717, 1.165) is 38.5 Å². The maximum atomic E-state index is 11.5. The van der Waals surface area contributed by atoms with E-state index in [0.29, 0.717) is 25.5 Å². The summed E-state index contributed by atoms with van der Waals surface area (Å²) in [5.41, 5.74) is 0.881. The number of hydrogen-bond acceptors (Lipinski definition) is 8. The van der Waals surface area contributed by atoms with E-state index in [4.69, 9.17) is 4.98 Å². The van der Waals surface area contributed by atoms with Crippen molar-refractivity contribution < 1.29 is 8.42 Å². The first-order valence-corrected chi connectivity index (χ1v) is 12.9. The van der Waals surface area contributed by atoms with Crippen molar-refractivity contribution in [3.8, 4) is 0 Å². The van der Waals surface area contributed by atoms with E-state index >= 15 is 0 Å². The maximum Gasteiger partial charge on any atom is 0.225 e. The molecule has 9 nitrogen and oxygen atoms in total. The lowest BCUT2D eigenvalue weighted by Gasteiger charge is -2.20. The van der Waals surface area contributed by atoms with Crippen LogP contribution in [0.2, 0.25) is 0 Å². The minimum Gasteiger partial charge on any atom is -0.357 e. The summed E-state index contributed by atoms with van der Waals surface area (Å²) in [5.74, 6) is 1.48. The highest BCUT2D eigenvalue weighted by atomic mass is 79.9. The third kappa shape index (κ3) is 5.68. The lowest BCUT2D eigenvalue weighted by Crippen LogP contribution is -2.27. The maximum absolute atomic E-state index is 11.5. The normalized spacial score (nSPS) is 11.9. The van der Waals surface area contributed by atoms with Crippen molar-refractivity contribution in [2.45, 2.75) is 26.8 Å². The molecule has 0 bridgehead atoms. The SMILES string of the molecule is CCS(=O)(=O)NCCCNc1nc(N(C)CCn2ccnc2)c2sc(C)c(Br)c2n1. The third-order valence-corrected chi connectivity index (χ3v) is 8.30. The van der Waals surface area contributed by atoms with Crippen LogP contribution in [0.4, 0.5) is 11.8 Å². The van der Waals surface area contributed by atoms with E-state index in [1.54, 1.807) is 30.8 Å². The summed E-state index contributed by atoms with van der Waals surface area (Å²) in [6, 6.07) is 0. The Hall–Kier alpha value is -1.76. The number of aryl methyl sites for hydroxylation is 1. The molecule has 0 amide bonds. The molecule has 0 aromatic carbocycles. The number of hydrogen-bond donors (Lipinski definition) is 2. The molecule has 0 aliphatic heterocycles. The number of sulfonamides is 1. The Morgan fingerprint density at radius 3 is 2.80 bits per heavy atom. The third-order valence-electron chi connectivity index (χ3n) is 4.57. The monoisotopic (exact) mass is 515 g/mol. The zero-order valence-electron chi connectivity index (χ0n) is 17.2. The van der Waals surface area contributed by atoms with Crippen LogP contribution >= 0.6 is 27.3 Å². The van der Waals surface area contributed by atoms with Crippen molar-refractivity contribution in [2.24, 2.45) is 0 Å². The van der Waals surface area contributed by atoms with Gasteiger partial charge in [-0.2, -0.15) is 4.98 Å². The minimum atomic E-state index is -3.17. The van der Waals surface area contributed by atoms with Gasteiger partial charge in [-0.05, 0) is 36.2 Å². The van der Waals surface area contributed by atoms with Crippen molar-refractivity contribution in [1.29, 1.82) is 0 Å². The zero-order valence-corrected chi connectivity index (χ0v) is 20.4. The van der Waals surface area contributed by atoms with Gasteiger partial charge in [-0.3, -0.25) is 0 Å². The second-order valence-corrected chi connectivity index (χ2v) is 10.9. The number of imidazole rings is 1. The minimum absolute atomic E-state index is 0.0838. The van der Waals surface area contributed by atoms with Crippen LogP contribution in [-0.2, 0) is 16.6 Å². The Balaban J connectivity index is 1.72. The number of halogens is 1. The average Bonchev–Trinajstić information content (AvgIpc) is 3.34. The number of likely N-dealkylation sites (N-methyl/N-ethyl adjacent to an activating group) is 1. The van der Waals surface area contributed by atoms with Crippen LogP contribution in [0.15, 0.2) is 23.2 Å². The van der Waals surface area contributed by atoms with E-state index in [1.165, 1.54) is 0 Å². The smallest absolute Gasteiger partial charge is 0.225 e. The fourth-order valence-corrected chi connectivity index (χ4v) is 5.14. The van der Waals surface area contributed by atoms with Gasteiger partial charge in [0.2, 0.25) is 16.0 Å². The Morgan fingerprint density at radius 1 is 1.30 bits per heavy atom. The molecule has 3 aromatic heterocycles. The summed E-state index contributed by atoms with van der Waals surface area (Å²) in [4.78, 5) is 16.8. The summed E-state index contributed by atoms with van der Waals surface area (Å²) < 4.78 is 29.6. The fraction of sp³-hybridized carbons (Fsp3) is 0.500. The molecular formula is C18H26BrN7O2S2. The lowest BCUT2D eigenvalue weighted by atomic mass is 10.4. The van der Waals surface area contributed by atoms with Gasteiger partial charge in [0.1, 0.15) is 5.52 Å². The molecule has 0 saturated carbocycles. The fourth-order valence-electron chi connectivity index (χ4n) is 2.79. The van der Waals surface area contributed by atoms with Gasteiger partial charge in [-0.15, -0.1) is 11.3 Å². The molecule has 3 rings (SSSR count). The van der Waals surface area contributed by atoms with Gasteiger partial charge in [-0.25, -0.2) is 23.1 Å². The van der Waals surface area contributed by atoms with Gasteiger partial charge in [0.25, 0.3) is 0 Å². The second-order valence-electron chi connectivity index (χ2n) is 6.82. The number of rotatable bonds is 11. The van der Waals surface area contributed by atoms with Crippen LogP contribution in [0.1, 0.15) is 18.2 Å². The van der Waals surface area contributed by atoms with E-state index in [9.17, 15) is 8.42 Å². The second kappa shape index (κ2) is 10.0. The highest BCUT2D eigenvalue weighted by Gasteiger charge is 2.18. The molecule has 0 atom stereocenters. The van der Waals surface area contributed by atoms with Gasteiger partial charge in [0.05, 0.1) is 21.3 Å². The van der Waals surface area contributed by atoms with Crippen molar-refractivity contribution in [3.05, 3.63) is 28.1 Å². The molecule has 164 valence electrons. The van der Waals surface area contributed by atoms with Gasteiger partial charge < -0.3 is 14.8 Å². The van der Waals surface area contributed by atoms with Gasteiger partial charge >= 0.3 is 0 Å². The number of thiophene rings is 1. The Bertz CT molecular complexity index is 1080. The van der Waals surface area contributed by atoms with Crippen LogP contribution in [0.3, 0.4) is 0 Å². The standard InChI is InChI=1S/C18H26BrN7O2S2/c1-4-30(27,28)22-7-5-6-21-18-23-15-14(19)13(2)29-16(15)17(24-18)25(3)10-11-26-9-8-20-12-26/h8-9,12,22H,4-7,10-11H2,1-3H3,(H,21,23,24). The summed E-state index contributed by atoms with van der Waals surface area (Å²) >= 11 is 5.31. The summed E-state index contributed by atoms with van der Waals surface area (Å²) in [6.07, 6.45) is 6.14. The summed E-state index contributed by atoms with van der Waals surface area (Å²) in [6.45, 7) is 6.19. The van der Waals surface area contributed by atoms with Crippen LogP contribution in [0, 0.1) is 6.92 Å². The predicted molar refractivity (Wildman–Crippen MR) is 126 cm³/mol. The molecule has 0 spiro atoms. The van der Waals surface area contributed by atoms with Crippen LogP contribution in [-0.4, -0.2) is 60.4 Å². The molecule has 0 saturated heterocycles. The molecule has 30 heavy (non-hydrogen) atoms. The highest BCUT2D eigenvalue weighted by Crippen LogP contribution is 2.38. The van der Waals surface area contributed by atoms with Gasteiger partial charge in [0, 0.05) is 50.5 Å². The van der Waals surface area contributed by atoms with E-state index in [-0.39, 0.29) is 5.75 Å². The van der Waals surface area contributed by atoms with Crippen LogP contribution < -0.4 is 14.9 Å². The molecule has 0 aliphatic carbocycles. The molecule has 0 radical (unpaired) electrons. The lowest BCUT2D eigenvalue weighted by molar-refractivity contribution is 0.581. The van der Waals surface area contributed by atoms with Crippen molar-refractivity contribution in [3.63, 3.8) is 0 Å². The molecule has 2 N–H and O–H groups in total. The van der Waals surface area contributed by atoms with Crippen molar-refractivity contribution >= 4 is 59.3 Å². The first kappa shape index (κ1) is 22.9. The first-order chi connectivity index (χ1) is 14.3. The predicted octanol–water partition coefficient (Wildman–Crippen LogP) is 2.84. The Morgan fingerprint density at radius 2 is 2.10 bits per heavy atom. The molecule has 12 heteroatoms. The van der Waals surface area contributed by atoms with E-state index in [2.05, 4.69) is 47.8 Å².